The van der Waals surface area contributed by atoms with Gasteiger partial charge in [-0.1, -0.05) is 23.8 Å². The maximum atomic E-state index is 12.0. The van der Waals surface area contributed by atoms with E-state index in [2.05, 4.69) is 5.32 Å². The van der Waals surface area contributed by atoms with Crippen molar-refractivity contribution in [2.24, 2.45) is 0 Å². The van der Waals surface area contributed by atoms with Crippen LogP contribution in [0.15, 0.2) is 41.8 Å². The van der Waals surface area contributed by atoms with E-state index in [1.807, 2.05) is 55.6 Å². The van der Waals surface area contributed by atoms with Crippen molar-refractivity contribution in [3.05, 3.63) is 57.8 Å². The summed E-state index contributed by atoms with van der Waals surface area (Å²) in [6.45, 7) is 3.97. The van der Waals surface area contributed by atoms with E-state index in [-0.39, 0.29) is 11.9 Å². The van der Waals surface area contributed by atoms with Crippen molar-refractivity contribution in [1.82, 2.24) is 5.32 Å². The van der Waals surface area contributed by atoms with Crippen LogP contribution >= 0.6 is 11.3 Å². The monoisotopic (exact) mass is 301 g/mol. The van der Waals surface area contributed by atoms with E-state index in [1.54, 1.807) is 24.5 Å². The summed E-state index contributed by atoms with van der Waals surface area (Å²) in [5, 5.41) is 4.94. The van der Waals surface area contributed by atoms with Crippen LogP contribution in [0.3, 0.4) is 0 Å². The van der Waals surface area contributed by atoms with E-state index in [0.717, 1.165) is 21.8 Å². The first kappa shape index (κ1) is 15.3. The number of benzene rings is 1. The number of methoxy groups -OCH3 is 1. The molecule has 2 aromatic rings. The molecule has 0 bridgehead atoms. The molecule has 1 unspecified atom stereocenters. The summed E-state index contributed by atoms with van der Waals surface area (Å²) in [6.07, 6.45) is 3.38. The Morgan fingerprint density at radius 2 is 2.19 bits per heavy atom. The van der Waals surface area contributed by atoms with E-state index < -0.39 is 0 Å². The van der Waals surface area contributed by atoms with Gasteiger partial charge < -0.3 is 10.1 Å². The molecule has 21 heavy (non-hydrogen) atoms. The Hall–Kier alpha value is -2.07. The number of rotatable bonds is 5. The summed E-state index contributed by atoms with van der Waals surface area (Å²) in [5.74, 6) is 0.676. The average Bonchev–Trinajstić information content (AvgIpc) is 2.98. The molecular weight excluding hydrogens is 282 g/mol. The van der Waals surface area contributed by atoms with Crippen molar-refractivity contribution < 1.29 is 9.53 Å². The minimum Gasteiger partial charge on any atom is -0.496 e. The van der Waals surface area contributed by atoms with Gasteiger partial charge in [0, 0.05) is 16.5 Å². The molecule has 0 aliphatic rings. The van der Waals surface area contributed by atoms with Crippen LogP contribution in [0.5, 0.6) is 5.75 Å². The van der Waals surface area contributed by atoms with Gasteiger partial charge >= 0.3 is 0 Å². The molecule has 0 aliphatic carbocycles. The van der Waals surface area contributed by atoms with Crippen LogP contribution in [0.2, 0.25) is 0 Å². The summed E-state index contributed by atoms with van der Waals surface area (Å²) in [5.41, 5.74) is 2.12. The third-order valence-corrected chi connectivity index (χ3v) is 3.99. The number of amides is 1. The molecule has 0 saturated heterocycles. The second-order valence-corrected chi connectivity index (χ2v) is 5.80. The predicted octanol–water partition coefficient (Wildman–Crippen LogP) is 3.96. The average molecular weight is 301 g/mol. The van der Waals surface area contributed by atoms with Crippen molar-refractivity contribution in [2.45, 2.75) is 19.9 Å². The number of ether oxygens (including phenoxy) is 1. The zero-order valence-corrected chi connectivity index (χ0v) is 13.2. The third kappa shape index (κ3) is 4.20. The molecule has 2 rings (SSSR count). The lowest BCUT2D eigenvalue weighted by Crippen LogP contribution is -2.25. The van der Waals surface area contributed by atoms with Crippen LogP contribution in [0.1, 0.15) is 29.0 Å². The Kier molecular flexibility index (Phi) is 5.17. The van der Waals surface area contributed by atoms with Crippen molar-refractivity contribution in [2.75, 3.05) is 7.11 Å². The Bertz CT molecular complexity index is 632. The molecule has 0 saturated carbocycles. The van der Waals surface area contributed by atoms with E-state index in [9.17, 15) is 4.79 Å². The first-order valence-electron chi connectivity index (χ1n) is 6.77. The van der Waals surface area contributed by atoms with Gasteiger partial charge in [-0.05, 0) is 37.4 Å². The van der Waals surface area contributed by atoms with Gasteiger partial charge in [0.1, 0.15) is 5.75 Å². The number of thiophene rings is 1. The van der Waals surface area contributed by atoms with Crippen LogP contribution in [0.4, 0.5) is 0 Å². The fourth-order valence-corrected chi connectivity index (χ4v) is 2.69. The third-order valence-electron chi connectivity index (χ3n) is 3.15. The second kappa shape index (κ2) is 7.09. The van der Waals surface area contributed by atoms with E-state index in [0.29, 0.717) is 0 Å². The molecule has 3 nitrogen and oxygen atoms in total. The predicted molar refractivity (Wildman–Crippen MR) is 87.6 cm³/mol. The van der Waals surface area contributed by atoms with Gasteiger partial charge in [0.05, 0.1) is 13.2 Å². The highest BCUT2D eigenvalue weighted by atomic mass is 32.1. The Morgan fingerprint density at radius 1 is 1.38 bits per heavy atom. The fraction of sp³-hybridized carbons (Fsp3) is 0.235. The molecule has 0 aliphatic heterocycles. The quantitative estimate of drug-likeness (QED) is 0.849. The van der Waals surface area contributed by atoms with Gasteiger partial charge in [-0.2, -0.15) is 0 Å². The molecule has 0 fully saturated rings. The summed E-state index contributed by atoms with van der Waals surface area (Å²) in [7, 11) is 1.64. The lowest BCUT2D eigenvalue weighted by atomic mass is 10.0. The lowest BCUT2D eigenvalue weighted by Gasteiger charge is -2.17. The minimum absolute atomic E-state index is 0.111. The number of carbonyl (C=O) groups excluding carboxylic acids is 1. The molecule has 4 heteroatoms. The van der Waals surface area contributed by atoms with Gasteiger partial charge in [-0.25, -0.2) is 0 Å². The van der Waals surface area contributed by atoms with Gasteiger partial charge in [0.15, 0.2) is 0 Å². The van der Waals surface area contributed by atoms with Crippen LogP contribution in [0, 0.1) is 6.92 Å². The largest absolute Gasteiger partial charge is 0.496 e. The maximum absolute atomic E-state index is 12.0. The molecule has 110 valence electrons. The minimum atomic E-state index is -0.112. The number of carbonyl (C=O) groups is 1. The Morgan fingerprint density at radius 3 is 2.86 bits per heavy atom. The highest BCUT2D eigenvalue weighted by Gasteiger charge is 2.13. The van der Waals surface area contributed by atoms with Gasteiger partial charge in [0.25, 0.3) is 0 Å². The number of hydrogen-bond acceptors (Lipinski definition) is 3. The fourth-order valence-electron chi connectivity index (χ4n) is 2.08. The molecule has 1 atom stereocenters. The second-order valence-electron chi connectivity index (χ2n) is 4.82. The summed E-state index contributed by atoms with van der Waals surface area (Å²) in [4.78, 5) is 13.0. The SMILES string of the molecule is COc1ccc(C)cc1C(C)NC(=O)/C=C/c1cccs1. The summed E-state index contributed by atoms with van der Waals surface area (Å²) in [6, 6.07) is 9.78. The smallest absolute Gasteiger partial charge is 0.244 e. The standard InChI is InChI=1S/C17H19NO2S/c1-12-6-8-16(20-3)15(11-12)13(2)18-17(19)9-7-14-5-4-10-21-14/h4-11,13H,1-3H3,(H,18,19)/b9-7+. The zero-order chi connectivity index (χ0) is 15.2. The zero-order valence-electron chi connectivity index (χ0n) is 12.4. The molecule has 1 amide bonds. The van der Waals surface area contributed by atoms with Crippen molar-refractivity contribution in [1.29, 1.82) is 0 Å². The Labute approximate surface area is 129 Å². The molecule has 0 radical (unpaired) electrons. The van der Waals surface area contributed by atoms with Crippen LogP contribution in [-0.2, 0) is 4.79 Å². The summed E-state index contributed by atoms with van der Waals surface area (Å²) >= 11 is 1.60. The first-order chi connectivity index (χ1) is 10.1. The Balaban J connectivity index is 2.05. The summed E-state index contributed by atoms with van der Waals surface area (Å²) < 4.78 is 5.35. The van der Waals surface area contributed by atoms with Gasteiger partial charge in [0.2, 0.25) is 5.91 Å². The van der Waals surface area contributed by atoms with Gasteiger partial charge in [-0.3, -0.25) is 4.79 Å². The molecule has 1 heterocycles. The van der Waals surface area contributed by atoms with E-state index >= 15 is 0 Å². The van der Waals surface area contributed by atoms with Crippen LogP contribution in [-0.4, -0.2) is 13.0 Å². The van der Waals surface area contributed by atoms with E-state index in [4.69, 9.17) is 4.74 Å². The van der Waals surface area contributed by atoms with Crippen LogP contribution in [0.25, 0.3) is 6.08 Å². The van der Waals surface area contributed by atoms with Crippen LogP contribution < -0.4 is 10.1 Å². The highest BCUT2D eigenvalue weighted by molar-refractivity contribution is 7.10. The highest BCUT2D eigenvalue weighted by Crippen LogP contribution is 2.26. The van der Waals surface area contributed by atoms with Crippen molar-refractivity contribution >= 4 is 23.3 Å². The molecular formula is C17H19NO2S. The van der Waals surface area contributed by atoms with E-state index in [1.165, 1.54) is 0 Å². The van der Waals surface area contributed by atoms with Gasteiger partial charge in [-0.15, -0.1) is 11.3 Å². The molecule has 0 spiro atoms. The molecule has 1 aromatic carbocycles. The number of aryl methyl sites for hydroxylation is 1. The number of nitrogens with one attached hydrogen (secondary N) is 1. The van der Waals surface area contributed by atoms with Crippen molar-refractivity contribution in [3.63, 3.8) is 0 Å². The normalized spacial score (nSPS) is 12.3. The number of hydrogen-bond donors (Lipinski definition) is 1. The lowest BCUT2D eigenvalue weighted by molar-refractivity contribution is -0.117. The maximum Gasteiger partial charge on any atom is 0.244 e. The topological polar surface area (TPSA) is 38.3 Å². The first-order valence-corrected chi connectivity index (χ1v) is 7.64. The van der Waals surface area contributed by atoms with Crippen molar-refractivity contribution in [3.8, 4) is 5.75 Å². The molecule has 1 aromatic heterocycles. The molecule has 1 N–H and O–H groups in total.